The Morgan fingerprint density at radius 2 is 1.62 bits per heavy atom. The van der Waals surface area contributed by atoms with Crippen molar-refractivity contribution in [2.24, 2.45) is 5.41 Å². The Bertz CT molecular complexity index is 181. The number of carboxylic acid groups (broad SMARTS) is 2. The Kier molecular flexibility index (Phi) is 4.03. The third-order valence-corrected chi connectivity index (χ3v) is 1.16. The highest BCUT2D eigenvalue weighted by Crippen LogP contribution is 2.20. The minimum absolute atomic E-state index is 0.00604. The SMILES string of the molecule is CC1(C)COC(=O)OC1.O=C(O)O. The molecule has 0 spiro atoms. The first-order chi connectivity index (χ1) is 5.83. The molecule has 0 saturated carbocycles. The molecule has 0 bridgehead atoms. The van der Waals surface area contributed by atoms with E-state index in [2.05, 4.69) is 9.47 Å². The maximum atomic E-state index is 10.3. The van der Waals surface area contributed by atoms with Crippen molar-refractivity contribution in [3.63, 3.8) is 0 Å². The molecule has 0 unspecified atom stereocenters. The lowest BCUT2D eigenvalue weighted by Gasteiger charge is -2.27. The van der Waals surface area contributed by atoms with Crippen LogP contribution in [0.3, 0.4) is 0 Å². The van der Waals surface area contributed by atoms with Crippen LogP contribution < -0.4 is 0 Å². The largest absolute Gasteiger partial charge is 0.508 e. The van der Waals surface area contributed by atoms with E-state index in [9.17, 15) is 4.79 Å². The molecule has 6 nitrogen and oxygen atoms in total. The highest BCUT2D eigenvalue weighted by atomic mass is 16.7. The molecule has 0 amide bonds. The molecule has 2 N–H and O–H groups in total. The molecule has 0 aromatic carbocycles. The molecule has 0 atom stereocenters. The molecule has 1 heterocycles. The van der Waals surface area contributed by atoms with Crippen LogP contribution in [-0.4, -0.2) is 35.7 Å². The summed E-state index contributed by atoms with van der Waals surface area (Å²) in [4.78, 5) is 18.9. The van der Waals surface area contributed by atoms with E-state index in [4.69, 9.17) is 15.0 Å². The summed E-state index contributed by atoms with van der Waals surface area (Å²) in [5.41, 5.74) is -0.00604. The van der Waals surface area contributed by atoms with E-state index in [1.807, 2.05) is 13.8 Å². The van der Waals surface area contributed by atoms with Crippen LogP contribution in [0.25, 0.3) is 0 Å². The van der Waals surface area contributed by atoms with Gasteiger partial charge in [-0.3, -0.25) is 0 Å². The Morgan fingerprint density at radius 1 is 1.31 bits per heavy atom. The lowest BCUT2D eigenvalue weighted by molar-refractivity contribution is -0.0445. The Balaban J connectivity index is 0.000000310. The first kappa shape index (κ1) is 11.5. The summed E-state index contributed by atoms with van der Waals surface area (Å²) in [6.07, 6.45) is -2.38. The van der Waals surface area contributed by atoms with Gasteiger partial charge in [0.15, 0.2) is 0 Å². The maximum absolute atomic E-state index is 10.3. The van der Waals surface area contributed by atoms with E-state index in [0.717, 1.165) is 0 Å². The summed E-state index contributed by atoms with van der Waals surface area (Å²) in [6, 6.07) is 0. The van der Waals surface area contributed by atoms with Crippen molar-refractivity contribution in [2.45, 2.75) is 13.8 Å². The van der Waals surface area contributed by atoms with Crippen molar-refractivity contribution < 1.29 is 29.3 Å². The standard InChI is InChI=1S/C6H10O3.CH2O3/c1-6(2)3-8-5(7)9-4-6;2-1(3)4/h3-4H2,1-2H3;(H2,2,3,4). The fourth-order valence-corrected chi connectivity index (χ4v) is 0.592. The van der Waals surface area contributed by atoms with Gasteiger partial charge in [-0.05, 0) is 0 Å². The molecule has 1 fully saturated rings. The molecule has 6 heteroatoms. The normalized spacial score (nSPS) is 18.8. The number of carbonyl (C=O) groups is 2. The number of carbonyl (C=O) groups excluding carboxylic acids is 1. The Morgan fingerprint density at radius 3 is 1.85 bits per heavy atom. The average Bonchev–Trinajstić information content (AvgIpc) is 1.95. The highest BCUT2D eigenvalue weighted by molar-refractivity contribution is 5.60. The molecular weight excluding hydrogens is 180 g/mol. The summed E-state index contributed by atoms with van der Waals surface area (Å²) in [5, 5.41) is 13.9. The van der Waals surface area contributed by atoms with Crippen LogP contribution in [-0.2, 0) is 9.47 Å². The van der Waals surface area contributed by atoms with Crippen molar-refractivity contribution in [1.82, 2.24) is 0 Å². The van der Waals surface area contributed by atoms with Crippen molar-refractivity contribution >= 4 is 12.3 Å². The van der Waals surface area contributed by atoms with Crippen LogP contribution in [0.1, 0.15) is 13.8 Å². The Hall–Kier alpha value is -1.46. The number of cyclic esters (lactones) is 2. The summed E-state index contributed by atoms with van der Waals surface area (Å²) in [6.45, 7) is 4.90. The third-order valence-electron chi connectivity index (χ3n) is 1.16. The minimum atomic E-state index is -1.83. The van der Waals surface area contributed by atoms with Crippen LogP contribution in [0, 0.1) is 5.41 Å². The van der Waals surface area contributed by atoms with E-state index in [1.54, 1.807) is 0 Å². The van der Waals surface area contributed by atoms with Crippen LogP contribution >= 0.6 is 0 Å². The van der Waals surface area contributed by atoms with Crippen LogP contribution in [0.4, 0.5) is 9.59 Å². The van der Waals surface area contributed by atoms with Crippen LogP contribution in [0.2, 0.25) is 0 Å². The van der Waals surface area contributed by atoms with Crippen molar-refractivity contribution in [1.29, 1.82) is 0 Å². The molecule has 0 aromatic rings. The zero-order valence-electron chi connectivity index (χ0n) is 7.44. The van der Waals surface area contributed by atoms with E-state index in [1.165, 1.54) is 0 Å². The van der Waals surface area contributed by atoms with E-state index < -0.39 is 12.3 Å². The molecule has 1 aliphatic rings. The predicted octanol–water partition coefficient (Wildman–Crippen LogP) is 1.40. The van der Waals surface area contributed by atoms with Crippen molar-refractivity contribution in [2.75, 3.05) is 13.2 Å². The lowest BCUT2D eigenvalue weighted by Crippen LogP contribution is -2.34. The van der Waals surface area contributed by atoms with Crippen molar-refractivity contribution in [3.8, 4) is 0 Å². The second kappa shape index (κ2) is 4.54. The molecular formula is C7H12O6. The fourth-order valence-electron chi connectivity index (χ4n) is 0.592. The number of rotatable bonds is 0. The smallest absolute Gasteiger partial charge is 0.450 e. The topological polar surface area (TPSA) is 93.1 Å². The number of hydrogen-bond acceptors (Lipinski definition) is 4. The lowest BCUT2D eigenvalue weighted by atomic mass is 9.96. The second-order valence-electron chi connectivity index (χ2n) is 3.27. The number of hydrogen-bond donors (Lipinski definition) is 2. The predicted molar refractivity (Wildman–Crippen MR) is 41.7 cm³/mol. The maximum Gasteiger partial charge on any atom is 0.508 e. The summed E-state index contributed by atoms with van der Waals surface area (Å²) in [7, 11) is 0. The molecule has 0 radical (unpaired) electrons. The number of ether oxygens (including phenoxy) is 2. The molecule has 1 rings (SSSR count). The van der Waals surface area contributed by atoms with Gasteiger partial charge in [0.05, 0.1) is 0 Å². The van der Waals surface area contributed by atoms with E-state index in [0.29, 0.717) is 13.2 Å². The zero-order chi connectivity index (χ0) is 10.5. The third kappa shape index (κ3) is 6.92. The van der Waals surface area contributed by atoms with Gasteiger partial charge in [0, 0.05) is 5.41 Å². The second-order valence-corrected chi connectivity index (χ2v) is 3.27. The molecule has 1 saturated heterocycles. The summed E-state index contributed by atoms with van der Waals surface area (Å²) >= 11 is 0. The van der Waals surface area contributed by atoms with Crippen LogP contribution in [0.15, 0.2) is 0 Å². The van der Waals surface area contributed by atoms with Gasteiger partial charge in [0.25, 0.3) is 0 Å². The first-order valence-electron chi connectivity index (χ1n) is 3.55. The minimum Gasteiger partial charge on any atom is -0.450 e. The van der Waals surface area contributed by atoms with Gasteiger partial charge in [-0.25, -0.2) is 9.59 Å². The van der Waals surface area contributed by atoms with Gasteiger partial charge in [0.1, 0.15) is 13.2 Å². The summed E-state index contributed by atoms with van der Waals surface area (Å²) in [5.74, 6) is 0. The van der Waals surface area contributed by atoms with Gasteiger partial charge in [-0.2, -0.15) is 0 Å². The summed E-state index contributed by atoms with van der Waals surface area (Å²) < 4.78 is 9.26. The first-order valence-corrected chi connectivity index (χ1v) is 3.55. The molecule has 0 aromatic heterocycles. The molecule has 0 aliphatic carbocycles. The monoisotopic (exact) mass is 192 g/mol. The fraction of sp³-hybridized carbons (Fsp3) is 0.714. The quantitative estimate of drug-likeness (QED) is 0.563. The van der Waals surface area contributed by atoms with E-state index in [-0.39, 0.29) is 5.41 Å². The van der Waals surface area contributed by atoms with E-state index >= 15 is 0 Å². The Labute approximate surface area is 75.1 Å². The van der Waals surface area contributed by atoms with Gasteiger partial charge in [-0.15, -0.1) is 0 Å². The van der Waals surface area contributed by atoms with Gasteiger partial charge in [-0.1, -0.05) is 13.8 Å². The molecule has 13 heavy (non-hydrogen) atoms. The highest BCUT2D eigenvalue weighted by Gasteiger charge is 2.27. The van der Waals surface area contributed by atoms with Gasteiger partial charge in [0.2, 0.25) is 0 Å². The van der Waals surface area contributed by atoms with Crippen LogP contribution in [0.5, 0.6) is 0 Å². The molecule has 76 valence electrons. The van der Waals surface area contributed by atoms with Gasteiger partial charge >= 0.3 is 12.3 Å². The molecule has 1 aliphatic heterocycles. The van der Waals surface area contributed by atoms with Gasteiger partial charge < -0.3 is 19.7 Å². The average molecular weight is 192 g/mol. The zero-order valence-corrected chi connectivity index (χ0v) is 7.44. The van der Waals surface area contributed by atoms with Crippen molar-refractivity contribution in [3.05, 3.63) is 0 Å².